The fraction of sp³-hybridized carbons (Fsp3) is 1.00. The van der Waals surface area contributed by atoms with Gasteiger partial charge in [-0.15, -0.1) is 0 Å². The lowest BCUT2D eigenvalue weighted by atomic mass is 10.1. The number of nitrogens with one attached hydrogen (secondary N) is 1. The van der Waals surface area contributed by atoms with Gasteiger partial charge in [-0.1, -0.05) is 19.3 Å². The molecule has 1 saturated carbocycles. The van der Waals surface area contributed by atoms with Crippen LogP contribution in [0.2, 0.25) is 0 Å². The first-order chi connectivity index (χ1) is 7.34. The molecule has 90 valence electrons. The van der Waals surface area contributed by atoms with E-state index in [0.717, 1.165) is 38.6 Å². The first-order valence-electron chi connectivity index (χ1n) is 6.37. The van der Waals surface area contributed by atoms with Crippen LogP contribution in [0.1, 0.15) is 51.4 Å². The monoisotopic (exact) mass is 215 g/mol. The molecule has 2 atom stereocenters. The summed E-state index contributed by atoms with van der Waals surface area (Å²) < 4.78 is 0. The summed E-state index contributed by atoms with van der Waals surface area (Å²) in [6.07, 6.45) is 8.67. The van der Waals surface area contributed by atoms with Crippen LogP contribution < -0.4 is 5.32 Å². The van der Waals surface area contributed by atoms with Crippen molar-refractivity contribution in [3.63, 3.8) is 0 Å². The highest BCUT2D eigenvalue weighted by Crippen LogP contribution is 2.17. The Morgan fingerprint density at radius 3 is 2.60 bits per heavy atom. The summed E-state index contributed by atoms with van der Waals surface area (Å²) in [5.74, 6) is 0. The van der Waals surface area contributed by atoms with Crippen LogP contribution >= 0.6 is 0 Å². The van der Waals surface area contributed by atoms with Crippen molar-refractivity contribution in [2.45, 2.75) is 63.5 Å². The van der Waals surface area contributed by atoms with E-state index < -0.39 is 0 Å². The predicted octanol–water partition coefficient (Wildman–Crippen LogP) is 1.43. The van der Waals surface area contributed by atoms with Gasteiger partial charge in [0.1, 0.15) is 0 Å². The van der Waals surface area contributed by atoms with Crippen LogP contribution in [-0.4, -0.2) is 35.5 Å². The van der Waals surface area contributed by atoms with E-state index in [0.29, 0.717) is 12.6 Å². The molecule has 3 N–H and O–H groups in total. The summed E-state index contributed by atoms with van der Waals surface area (Å²) in [5.41, 5.74) is 0. The number of aliphatic hydroxyl groups is 2. The molecule has 0 spiro atoms. The van der Waals surface area contributed by atoms with Crippen LogP contribution in [0, 0.1) is 0 Å². The standard InChI is InChI=1S/C12H25NO2/c14-10-6-2-5-9-13-11-7-3-1-4-8-12(11)15/h11-15H,1-10H2. The number of hydrogen-bond donors (Lipinski definition) is 3. The van der Waals surface area contributed by atoms with Gasteiger partial charge in [0.05, 0.1) is 6.10 Å². The van der Waals surface area contributed by atoms with Gasteiger partial charge in [-0.2, -0.15) is 0 Å². The molecule has 0 heterocycles. The molecule has 0 aromatic carbocycles. The van der Waals surface area contributed by atoms with Gasteiger partial charge in [0.25, 0.3) is 0 Å². The first kappa shape index (κ1) is 12.9. The average Bonchev–Trinajstić information content (AvgIpc) is 2.44. The summed E-state index contributed by atoms with van der Waals surface area (Å²) in [6.45, 7) is 1.27. The SMILES string of the molecule is OCCCCCNC1CCCCCC1O. The van der Waals surface area contributed by atoms with Gasteiger partial charge in [0.2, 0.25) is 0 Å². The molecule has 3 heteroatoms. The van der Waals surface area contributed by atoms with Crippen molar-refractivity contribution in [1.29, 1.82) is 0 Å². The molecule has 2 unspecified atom stereocenters. The molecule has 1 fully saturated rings. The third kappa shape index (κ3) is 5.50. The Kier molecular flexibility index (Phi) is 6.98. The summed E-state index contributed by atoms with van der Waals surface area (Å²) in [7, 11) is 0. The molecule has 1 aliphatic carbocycles. The molecule has 1 rings (SSSR count). The third-order valence-electron chi connectivity index (χ3n) is 3.22. The molecule has 0 saturated heterocycles. The number of aliphatic hydroxyl groups excluding tert-OH is 2. The molecule has 0 bridgehead atoms. The molecule has 0 aromatic heterocycles. The van der Waals surface area contributed by atoms with Crippen LogP contribution in [0.5, 0.6) is 0 Å². The Labute approximate surface area is 92.9 Å². The second-order valence-corrected chi connectivity index (χ2v) is 4.55. The zero-order valence-corrected chi connectivity index (χ0v) is 9.62. The Bertz CT molecular complexity index is 153. The molecule has 0 aromatic rings. The second-order valence-electron chi connectivity index (χ2n) is 4.55. The van der Waals surface area contributed by atoms with Crippen LogP contribution in [0.25, 0.3) is 0 Å². The van der Waals surface area contributed by atoms with E-state index in [9.17, 15) is 5.11 Å². The zero-order chi connectivity index (χ0) is 10.9. The molecule has 0 radical (unpaired) electrons. The van der Waals surface area contributed by atoms with Gasteiger partial charge in [-0.05, 0) is 38.6 Å². The average molecular weight is 215 g/mol. The van der Waals surface area contributed by atoms with Crippen molar-refractivity contribution in [1.82, 2.24) is 5.32 Å². The summed E-state index contributed by atoms with van der Waals surface area (Å²) in [4.78, 5) is 0. The van der Waals surface area contributed by atoms with Crippen LogP contribution in [-0.2, 0) is 0 Å². The van der Waals surface area contributed by atoms with Gasteiger partial charge >= 0.3 is 0 Å². The molecule has 1 aliphatic rings. The van der Waals surface area contributed by atoms with Gasteiger partial charge < -0.3 is 15.5 Å². The van der Waals surface area contributed by atoms with Crippen molar-refractivity contribution in [2.24, 2.45) is 0 Å². The number of rotatable bonds is 6. The fourth-order valence-electron chi connectivity index (χ4n) is 2.23. The van der Waals surface area contributed by atoms with E-state index in [-0.39, 0.29) is 6.10 Å². The van der Waals surface area contributed by atoms with Crippen molar-refractivity contribution < 1.29 is 10.2 Å². The quantitative estimate of drug-likeness (QED) is 0.464. The molecular weight excluding hydrogens is 190 g/mol. The highest BCUT2D eigenvalue weighted by atomic mass is 16.3. The highest BCUT2D eigenvalue weighted by Gasteiger charge is 2.20. The highest BCUT2D eigenvalue weighted by molar-refractivity contribution is 4.78. The maximum Gasteiger partial charge on any atom is 0.0693 e. The Hall–Kier alpha value is -0.120. The minimum atomic E-state index is -0.148. The van der Waals surface area contributed by atoms with E-state index in [1.54, 1.807) is 0 Å². The van der Waals surface area contributed by atoms with Crippen molar-refractivity contribution in [2.75, 3.05) is 13.2 Å². The van der Waals surface area contributed by atoms with Gasteiger partial charge in [-0.25, -0.2) is 0 Å². The summed E-state index contributed by atoms with van der Waals surface area (Å²) in [5, 5.41) is 21.9. The predicted molar refractivity (Wildman–Crippen MR) is 61.8 cm³/mol. The Balaban J connectivity index is 2.07. The maximum absolute atomic E-state index is 9.85. The molecule has 0 amide bonds. The van der Waals surface area contributed by atoms with Crippen LogP contribution in [0.4, 0.5) is 0 Å². The van der Waals surface area contributed by atoms with Gasteiger partial charge in [0.15, 0.2) is 0 Å². The lowest BCUT2D eigenvalue weighted by molar-refractivity contribution is 0.120. The molecule has 15 heavy (non-hydrogen) atoms. The van der Waals surface area contributed by atoms with E-state index in [1.807, 2.05) is 0 Å². The first-order valence-corrected chi connectivity index (χ1v) is 6.37. The van der Waals surface area contributed by atoms with Gasteiger partial charge in [-0.3, -0.25) is 0 Å². The number of unbranched alkanes of at least 4 members (excludes halogenated alkanes) is 2. The zero-order valence-electron chi connectivity index (χ0n) is 9.62. The van der Waals surface area contributed by atoms with E-state index in [1.165, 1.54) is 19.3 Å². The minimum Gasteiger partial charge on any atom is -0.396 e. The van der Waals surface area contributed by atoms with Crippen molar-refractivity contribution in [3.05, 3.63) is 0 Å². The summed E-state index contributed by atoms with van der Waals surface area (Å²) in [6, 6.07) is 0.307. The minimum absolute atomic E-state index is 0.148. The largest absolute Gasteiger partial charge is 0.396 e. The van der Waals surface area contributed by atoms with Gasteiger partial charge in [0, 0.05) is 12.6 Å². The van der Waals surface area contributed by atoms with E-state index >= 15 is 0 Å². The molecule has 3 nitrogen and oxygen atoms in total. The van der Waals surface area contributed by atoms with E-state index in [4.69, 9.17) is 5.11 Å². The summed E-state index contributed by atoms with van der Waals surface area (Å²) >= 11 is 0. The normalized spacial score (nSPS) is 27.6. The maximum atomic E-state index is 9.85. The number of hydrogen-bond acceptors (Lipinski definition) is 3. The topological polar surface area (TPSA) is 52.5 Å². The van der Waals surface area contributed by atoms with E-state index in [2.05, 4.69) is 5.32 Å². The lowest BCUT2D eigenvalue weighted by Gasteiger charge is -2.21. The lowest BCUT2D eigenvalue weighted by Crippen LogP contribution is -2.39. The third-order valence-corrected chi connectivity index (χ3v) is 3.22. The second kappa shape index (κ2) is 8.08. The fourth-order valence-corrected chi connectivity index (χ4v) is 2.23. The Morgan fingerprint density at radius 2 is 1.80 bits per heavy atom. The molecular formula is C12H25NO2. The molecule has 0 aliphatic heterocycles. The Morgan fingerprint density at radius 1 is 1.00 bits per heavy atom. The van der Waals surface area contributed by atoms with Crippen LogP contribution in [0.3, 0.4) is 0 Å². The van der Waals surface area contributed by atoms with Crippen LogP contribution in [0.15, 0.2) is 0 Å². The smallest absolute Gasteiger partial charge is 0.0693 e. The van der Waals surface area contributed by atoms with Crippen molar-refractivity contribution in [3.8, 4) is 0 Å². The van der Waals surface area contributed by atoms with Crippen molar-refractivity contribution >= 4 is 0 Å².